The molecule has 1 fully saturated rings. The zero-order valence-electron chi connectivity index (χ0n) is 15.7. The van der Waals surface area contributed by atoms with E-state index in [9.17, 15) is 13.2 Å². The fourth-order valence-electron chi connectivity index (χ4n) is 2.80. The largest absolute Gasteiger partial charge is 0.384 e. The Morgan fingerprint density at radius 2 is 1.85 bits per heavy atom. The lowest BCUT2D eigenvalue weighted by molar-refractivity contribution is -0.00923. The van der Waals surface area contributed by atoms with Gasteiger partial charge in [-0.25, -0.2) is 8.42 Å². The summed E-state index contributed by atoms with van der Waals surface area (Å²) in [6.07, 6.45) is 0. The minimum absolute atomic E-state index is 0.0806. The Morgan fingerprint density at radius 3 is 2.42 bits per heavy atom. The maximum Gasteiger partial charge on any atom is 0.251 e. The number of hydrogen-bond donors (Lipinski definition) is 1. The van der Waals surface area contributed by atoms with Gasteiger partial charge in [-0.05, 0) is 38.1 Å². The van der Waals surface area contributed by atoms with Crippen molar-refractivity contribution in [2.24, 2.45) is 0 Å². The summed E-state index contributed by atoms with van der Waals surface area (Å²) in [4.78, 5) is 14.9. The van der Waals surface area contributed by atoms with Crippen molar-refractivity contribution in [3.63, 3.8) is 0 Å². The molecule has 0 spiro atoms. The molecule has 0 radical (unpaired) electrons. The van der Waals surface area contributed by atoms with Crippen LogP contribution in [-0.2, 0) is 19.3 Å². The highest BCUT2D eigenvalue weighted by Gasteiger charge is 2.28. The topological polar surface area (TPSA) is 84.9 Å². The summed E-state index contributed by atoms with van der Waals surface area (Å²) in [6, 6.07) is 6.01. The average molecular weight is 384 g/mol. The lowest BCUT2D eigenvalue weighted by Gasteiger charge is -2.40. The fraction of sp³-hybridized carbons (Fsp3) is 0.611. The van der Waals surface area contributed by atoms with Crippen molar-refractivity contribution >= 4 is 15.7 Å². The molecule has 1 N–H and O–H groups in total. The van der Waals surface area contributed by atoms with E-state index in [2.05, 4.69) is 24.1 Å². The van der Waals surface area contributed by atoms with E-state index >= 15 is 0 Å². The average Bonchev–Trinajstić information content (AvgIpc) is 2.65. The number of ether oxygens (including phenoxy) is 2. The summed E-state index contributed by atoms with van der Waals surface area (Å²) in [5, 5.41) is 2.94. The molecule has 1 aromatic carbocycles. The van der Waals surface area contributed by atoms with Crippen molar-refractivity contribution < 1.29 is 22.7 Å². The highest BCUT2D eigenvalue weighted by Crippen LogP contribution is 2.16. The molecule has 0 aliphatic carbocycles. The molecule has 7 nitrogen and oxygen atoms in total. The highest BCUT2D eigenvalue weighted by atomic mass is 32.2. The summed E-state index contributed by atoms with van der Waals surface area (Å²) in [7, 11) is -1.93. The first-order valence-electron chi connectivity index (χ1n) is 8.69. The zero-order chi connectivity index (χ0) is 19.2. The second kappa shape index (κ2) is 8.94. The van der Waals surface area contributed by atoms with Gasteiger partial charge in [-0.3, -0.25) is 9.69 Å². The van der Waals surface area contributed by atoms with Crippen LogP contribution in [0.3, 0.4) is 0 Å². The van der Waals surface area contributed by atoms with Crippen molar-refractivity contribution in [3.8, 4) is 0 Å². The number of hydrogen-bond acceptors (Lipinski definition) is 6. The molecule has 0 aromatic heterocycles. The van der Waals surface area contributed by atoms with Crippen LogP contribution in [0.25, 0.3) is 0 Å². The van der Waals surface area contributed by atoms with Gasteiger partial charge in [0.05, 0.1) is 30.5 Å². The summed E-state index contributed by atoms with van der Waals surface area (Å²) >= 11 is 0. The van der Waals surface area contributed by atoms with E-state index < -0.39 is 9.84 Å². The van der Waals surface area contributed by atoms with Crippen LogP contribution in [-0.4, -0.2) is 77.1 Å². The number of nitrogens with one attached hydrogen (secondary N) is 1. The van der Waals surface area contributed by atoms with Gasteiger partial charge >= 0.3 is 0 Å². The predicted octanol–water partition coefficient (Wildman–Crippen LogP) is 0.947. The van der Waals surface area contributed by atoms with Crippen LogP contribution in [0.4, 0.5) is 0 Å². The predicted molar refractivity (Wildman–Crippen MR) is 99.2 cm³/mol. The van der Waals surface area contributed by atoms with Crippen molar-refractivity contribution in [1.82, 2.24) is 10.2 Å². The van der Waals surface area contributed by atoms with Gasteiger partial charge in [0.1, 0.15) is 0 Å². The molecule has 0 saturated carbocycles. The Morgan fingerprint density at radius 1 is 1.23 bits per heavy atom. The number of benzene rings is 1. The van der Waals surface area contributed by atoms with Crippen LogP contribution in [0.5, 0.6) is 0 Å². The Hall–Kier alpha value is -1.48. The quantitative estimate of drug-likeness (QED) is 0.718. The summed E-state index contributed by atoms with van der Waals surface area (Å²) in [6.45, 7) is 7.91. The number of nitrogens with zero attached hydrogens (tertiary/aromatic N) is 1. The van der Waals surface area contributed by atoms with E-state index in [1.807, 2.05) is 0 Å². The van der Waals surface area contributed by atoms with Crippen LogP contribution in [0.15, 0.2) is 29.2 Å². The minimum Gasteiger partial charge on any atom is -0.384 e. The zero-order valence-corrected chi connectivity index (χ0v) is 16.5. The molecule has 1 heterocycles. The summed E-state index contributed by atoms with van der Waals surface area (Å²) in [5.41, 5.74) is 0.261. The standard InChI is InChI=1S/C18H28N2O5S/c1-18(2,20-8-10-25-11-9-20)14-19-17(21)15-4-6-16(7-5-15)26(22,23)13-12-24-3/h4-7H,8-14H2,1-3H3,(H,19,21). The van der Waals surface area contributed by atoms with E-state index in [4.69, 9.17) is 9.47 Å². The SMILES string of the molecule is COCCS(=O)(=O)c1ccc(C(=O)NCC(C)(C)N2CCOCC2)cc1. The molecule has 1 aliphatic rings. The number of sulfone groups is 1. The van der Waals surface area contributed by atoms with E-state index in [1.54, 1.807) is 0 Å². The van der Waals surface area contributed by atoms with Crippen LogP contribution < -0.4 is 5.32 Å². The Kier molecular flexibility index (Phi) is 7.16. The third-order valence-corrected chi connectivity index (χ3v) is 6.28. The molecule has 8 heteroatoms. The van der Waals surface area contributed by atoms with E-state index in [0.717, 1.165) is 13.1 Å². The smallest absolute Gasteiger partial charge is 0.251 e. The van der Waals surface area contributed by atoms with Crippen LogP contribution >= 0.6 is 0 Å². The van der Waals surface area contributed by atoms with Gasteiger partial charge in [0.2, 0.25) is 0 Å². The highest BCUT2D eigenvalue weighted by molar-refractivity contribution is 7.91. The number of morpholine rings is 1. The first-order valence-corrected chi connectivity index (χ1v) is 10.3. The molecular formula is C18H28N2O5S. The van der Waals surface area contributed by atoms with Crippen molar-refractivity contribution in [1.29, 1.82) is 0 Å². The lowest BCUT2D eigenvalue weighted by atomic mass is 10.0. The fourth-order valence-corrected chi connectivity index (χ4v) is 3.98. The number of carbonyl (C=O) groups is 1. The van der Waals surface area contributed by atoms with Gasteiger partial charge in [-0.1, -0.05) is 0 Å². The van der Waals surface area contributed by atoms with Crippen molar-refractivity contribution in [2.75, 3.05) is 52.3 Å². The first kappa shape index (κ1) is 20.8. The molecule has 1 amide bonds. The van der Waals surface area contributed by atoms with Crippen LogP contribution in [0.1, 0.15) is 24.2 Å². The Labute approximate surface area is 155 Å². The van der Waals surface area contributed by atoms with Crippen LogP contribution in [0, 0.1) is 0 Å². The second-order valence-corrected chi connectivity index (χ2v) is 9.04. The molecule has 0 unspecified atom stereocenters. The number of methoxy groups -OCH3 is 1. The van der Waals surface area contributed by atoms with Gasteiger partial charge in [0.15, 0.2) is 9.84 Å². The van der Waals surface area contributed by atoms with Gasteiger partial charge in [0.25, 0.3) is 5.91 Å². The van der Waals surface area contributed by atoms with Crippen LogP contribution in [0.2, 0.25) is 0 Å². The van der Waals surface area contributed by atoms with Gasteiger partial charge in [0, 0.05) is 37.8 Å². The minimum atomic E-state index is -3.39. The lowest BCUT2D eigenvalue weighted by Crippen LogP contribution is -2.55. The third-order valence-electron chi connectivity index (χ3n) is 4.58. The first-order chi connectivity index (χ1) is 12.3. The summed E-state index contributed by atoms with van der Waals surface area (Å²) < 4.78 is 34.4. The van der Waals surface area contributed by atoms with E-state index in [1.165, 1.54) is 31.4 Å². The normalized spacial score (nSPS) is 16.4. The van der Waals surface area contributed by atoms with Crippen molar-refractivity contribution in [3.05, 3.63) is 29.8 Å². The Bertz CT molecular complexity index is 695. The maximum atomic E-state index is 12.4. The molecule has 0 bridgehead atoms. The second-order valence-electron chi connectivity index (χ2n) is 6.93. The monoisotopic (exact) mass is 384 g/mol. The van der Waals surface area contributed by atoms with Gasteiger partial charge in [-0.2, -0.15) is 0 Å². The third kappa shape index (κ3) is 5.51. The molecular weight excluding hydrogens is 356 g/mol. The van der Waals surface area contributed by atoms with E-state index in [0.29, 0.717) is 25.3 Å². The number of amides is 1. The molecule has 0 atom stereocenters. The maximum absolute atomic E-state index is 12.4. The van der Waals surface area contributed by atoms with E-state index in [-0.39, 0.29) is 28.7 Å². The molecule has 2 rings (SSSR count). The summed E-state index contributed by atoms with van der Waals surface area (Å²) in [5.74, 6) is -0.296. The molecule has 146 valence electrons. The van der Waals surface area contributed by atoms with Gasteiger partial charge in [-0.15, -0.1) is 0 Å². The number of rotatable bonds is 8. The van der Waals surface area contributed by atoms with Crippen molar-refractivity contribution in [2.45, 2.75) is 24.3 Å². The number of carbonyl (C=O) groups excluding carboxylic acids is 1. The molecule has 1 saturated heterocycles. The van der Waals surface area contributed by atoms with Gasteiger partial charge < -0.3 is 14.8 Å². The Balaban J connectivity index is 1.95. The molecule has 26 heavy (non-hydrogen) atoms. The molecule has 1 aromatic rings. The molecule has 1 aliphatic heterocycles.